The van der Waals surface area contributed by atoms with Gasteiger partial charge in [-0.3, -0.25) is 4.68 Å². The van der Waals surface area contributed by atoms with Crippen LogP contribution >= 0.6 is 0 Å². The highest BCUT2D eigenvalue weighted by atomic mass is 16.5. The average molecular weight is 253 g/mol. The van der Waals surface area contributed by atoms with Crippen LogP contribution in [0.25, 0.3) is 0 Å². The van der Waals surface area contributed by atoms with Crippen LogP contribution in [0.2, 0.25) is 0 Å². The zero-order valence-corrected chi connectivity index (χ0v) is 12.0. The van der Waals surface area contributed by atoms with E-state index in [1.807, 2.05) is 10.9 Å². The van der Waals surface area contributed by atoms with E-state index in [1.165, 1.54) is 12.8 Å². The molecule has 18 heavy (non-hydrogen) atoms. The Morgan fingerprint density at radius 1 is 1.39 bits per heavy atom. The average Bonchev–Trinajstić information content (AvgIpc) is 2.80. The van der Waals surface area contributed by atoms with Crippen molar-refractivity contribution in [2.45, 2.75) is 53.0 Å². The second kappa shape index (κ2) is 7.41. The van der Waals surface area contributed by atoms with Crippen LogP contribution in [-0.2, 0) is 6.54 Å². The predicted octanol–water partition coefficient (Wildman–Crippen LogP) is 2.83. The Balaban J connectivity index is 2.21. The molecular weight excluding hydrogens is 226 g/mol. The van der Waals surface area contributed by atoms with Gasteiger partial charge in [0.25, 0.3) is 0 Å². The van der Waals surface area contributed by atoms with Gasteiger partial charge in [0.15, 0.2) is 5.75 Å². The van der Waals surface area contributed by atoms with E-state index in [0.29, 0.717) is 0 Å². The molecule has 0 aliphatic rings. The highest BCUT2D eigenvalue weighted by Crippen LogP contribution is 2.21. The summed E-state index contributed by atoms with van der Waals surface area (Å²) in [6, 6.07) is 0. The van der Waals surface area contributed by atoms with Crippen LogP contribution in [0.5, 0.6) is 5.75 Å². The lowest BCUT2D eigenvalue weighted by Gasteiger charge is -2.21. The van der Waals surface area contributed by atoms with Crippen LogP contribution < -0.4 is 10.5 Å². The molecule has 0 amide bonds. The van der Waals surface area contributed by atoms with Crippen molar-refractivity contribution in [2.24, 2.45) is 11.1 Å². The minimum absolute atomic E-state index is 0.263. The molecule has 0 aliphatic carbocycles. The van der Waals surface area contributed by atoms with E-state index in [2.05, 4.69) is 25.9 Å². The summed E-state index contributed by atoms with van der Waals surface area (Å²) < 4.78 is 7.47. The van der Waals surface area contributed by atoms with Crippen molar-refractivity contribution in [3.05, 3.63) is 12.4 Å². The van der Waals surface area contributed by atoms with Gasteiger partial charge in [-0.2, -0.15) is 5.10 Å². The van der Waals surface area contributed by atoms with Crippen molar-refractivity contribution in [2.75, 3.05) is 13.2 Å². The standard InChI is InChI=1S/C14H27N3O/c1-4-9-18-13-10-16-17(11-13)8-6-5-7-14(2,3)12-15/h10-11H,4-9,12,15H2,1-3H3. The monoisotopic (exact) mass is 253 g/mol. The third-order valence-corrected chi connectivity index (χ3v) is 3.13. The maximum atomic E-state index is 5.72. The molecule has 4 heteroatoms. The van der Waals surface area contributed by atoms with Gasteiger partial charge in [-0.1, -0.05) is 27.2 Å². The summed E-state index contributed by atoms with van der Waals surface area (Å²) in [4.78, 5) is 0. The van der Waals surface area contributed by atoms with Gasteiger partial charge < -0.3 is 10.5 Å². The smallest absolute Gasteiger partial charge is 0.157 e. The fraction of sp³-hybridized carbons (Fsp3) is 0.786. The largest absolute Gasteiger partial charge is 0.490 e. The van der Waals surface area contributed by atoms with Crippen molar-refractivity contribution in [3.8, 4) is 5.75 Å². The molecule has 0 bridgehead atoms. The minimum atomic E-state index is 0.263. The van der Waals surface area contributed by atoms with Crippen molar-refractivity contribution in [1.29, 1.82) is 0 Å². The lowest BCUT2D eigenvalue weighted by Crippen LogP contribution is -2.23. The van der Waals surface area contributed by atoms with Crippen molar-refractivity contribution in [3.63, 3.8) is 0 Å². The Hall–Kier alpha value is -1.03. The van der Waals surface area contributed by atoms with Gasteiger partial charge in [-0.25, -0.2) is 0 Å². The van der Waals surface area contributed by atoms with Gasteiger partial charge in [0.05, 0.1) is 19.0 Å². The molecule has 4 nitrogen and oxygen atoms in total. The Bertz CT molecular complexity index is 334. The molecule has 1 aromatic rings. The van der Waals surface area contributed by atoms with E-state index < -0.39 is 0 Å². The first-order valence-corrected chi connectivity index (χ1v) is 6.93. The molecule has 0 saturated carbocycles. The van der Waals surface area contributed by atoms with E-state index in [9.17, 15) is 0 Å². The number of aromatic nitrogens is 2. The molecule has 0 unspecified atom stereocenters. The Morgan fingerprint density at radius 3 is 2.83 bits per heavy atom. The van der Waals surface area contributed by atoms with E-state index in [-0.39, 0.29) is 5.41 Å². The first-order chi connectivity index (χ1) is 8.57. The molecule has 0 aliphatic heterocycles. The SMILES string of the molecule is CCCOc1cnn(CCCCC(C)(C)CN)c1. The first kappa shape index (κ1) is 15.0. The zero-order chi connectivity index (χ0) is 13.4. The molecule has 104 valence electrons. The van der Waals surface area contributed by atoms with Gasteiger partial charge in [0.2, 0.25) is 0 Å². The van der Waals surface area contributed by atoms with E-state index in [1.54, 1.807) is 6.20 Å². The van der Waals surface area contributed by atoms with Crippen LogP contribution in [0.3, 0.4) is 0 Å². The number of nitrogens with two attached hydrogens (primary N) is 1. The molecule has 1 heterocycles. The number of rotatable bonds is 9. The fourth-order valence-corrected chi connectivity index (χ4v) is 1.74. The van der Waals surface area contributed by atoms with Crippen molar-refractivity contribution in [1.82, 2.24) is 9.78 Å². The number of hydrogen-bond donors (Lipinski definition) is 1. The number of unbranched alkanes of at least 4 members (excludes halogenated alkanes) is 1. The lowest BCUT2D eigenvalue weighted by atomic mass is 9.87. The van der Waals surface area contributed by atoms with Crippen LogP contribution in [0.15, 0.2) is 12.4 Å². The Morgan fingerprint density at radius 2 is 2.17 bits per heavy atom. The maximum absolute atomic E-state index is 5.72. The maximum Gasteiger partial charge on any atom is 0.157 e. The van der Waals surface area contributed by atoms with E-state index >= 15 is 0 Å². The van der Waals surface area contributed by atoms with Crippen LogP contribution in [0, 0.1) is 5.41 Å². The molecule has 1 rings (SSSR count). The normalized spacial score (nSPS) is 11.8. The van der Waals surface area contributed by atoms with Gasteiger partial charge in [0, 0.05) is 6.54 Å². The molecule has 2 N–H and O–H groups in total. The molecule has 0 atom stereocenters. The molecule has 0 aromatic carbocycles. The lowest BCUT2D eigenvalue weighted by molar-refractivity contribution is 0.316. The summed E-state index contributed by atoms with van der Waals surface area (Å²) in [5.41, 5.74) is 5.98. The van der Waals surface area contributed by atoms with Gasteiger partial charge >= 0.3 is 0 Å². The van der Waals surface area contributed by atoms with Gasteiger partial charge in [0.1, 0.15) is 0 Å². The van der Waals surface area contributed by atoms with Gasteiger partial charge in [-0.05, 0) is 31.2 Å². The second-order valence-electron chi connectivity index (χ2n) is 5.61. The topological polar surface area (TPSA) is 53.1 Å². The van der Waals surface area contributed by atoms with Gasteiger partial charge in [-0.15, -0.1) is 0 Å². The Kier molecular flexibility index (Phi) is 6.19. The van der Waals surface area contributed by atoms with Crippen LogP contribution in [0.4, 0.5) is 0 Å². The predicted molar refractivity (Wildman–Crippen MR) is 74.7 cm³/mol. The fourth-order valence-electron chi connectivity index (χ4n) is 1.74. The van der Waals surface area contributed by atoms with E-state index in [4.69, 9.17) is 10.5 Å². The summed E-state index contributed by atoms with van der Waals surface area (Å²) >= 11 is 0. The third-order valence-electron chi connectivity index (χ3n) is 3.13. The van der Waals surface area contributed by atoms with E-state index in [0.717, 1.165) is 38.3 Å². The number of ether oxygens (including phenoxy) is 1. The summed E-state index contributed by atoms with van der Waals surface area (Å²) in [5.74, 6) is 0.874. The summed E-state index contributed by atoms with van der Waals surface area (Å²) in [6.07, 6.45) is 8.29. The number of nitrogens with zero attached hydrogens (tertiary/aromatic N) is 2. The third kappa shape index (κ3) is 5.54. The van der Waals surface area contributed by atoms with Crippen LogP contribution in [-0.4, -0.2) is 22.9 Å². The summed E-state index contributed by atoms with van der Waals surface area (Å²) in [5, 5.41) is 4.29. The van der Waals surface area contributed by atoms with Crippen molar-refractivity contribution >= 4 is 0 Å². The summed E-state index contributed by atoms with van der Waals surface area (Å²) in [6.45, 7) is 9.01. The van der Waals surface area contributed by atoms with Crippen LogP contribution in [0.1, 0.15) is 46.5 Å². The number of hydrogen-bond acceptors (Lipinski definition) is 3. The number of aryl methyl sites for hydroxylation is 1. The molecule has 0 radical (unpaired) electrons. The second-order valence-corrected chi connectivity index (χ2v) is 5.61. The summed E-state index contributed by atoms with van der Waals surface area (Å²) in [7, 11) is 0. The zero-order valence-electron chi connectivity index (χ0n) is 12.0. The van der Waals surface area contributed by atoms with Crippen molar-refractivity contribution < 1.29 is 4.74 Å². The highest BCUT2D eigenvalue weighted by Gasteiger charge is 2.14. The highest BCUT2D eigenvalue weighted by molar-refractivity contribution is 5.11. The molecule has 0 fully saturated rings. The minimum Gasteiger partial charge on any atom is -0.490 e. The molecule has 1 aromatic heterocycles. The molecule has 0 spiro atoms. The quantitative estimate of drug-likeness (QED) is 0.688. The first-order valence-electron chi connectivity index (χ1n) is 6.93. The molecule has 0 saturated heterocycles. The Labute approximate surface area is 111 Å². The molecular formula is C14H27N3O.